The molecule has 2 unspecified atom stereocenters. The smallest absolute Gasteiger partial charge is 0.324 e. The van der Waals surface area contributed by atoms with Crippen LogP contribution in [0, 0.1) is 5.41 Å². The lowest BCUT2D eigenvalue weighted by molar-refractivity contribution is -0.161. The highest BCUT2D eigenvalue weighted by atomic mass is 79.9. The monoisotopic (exact) mass is 312 g/mol. The van der Waals surface area contributed by atoms with Gasteiger partial charge in [0.25, 0.3) is 0 Å². The number of esters is 1. The fraction of sp³-hybridized carbons (Fsp3) is 0.385. The first-order chi connectivity index (χ1) is 8.52. The van der Waals surface area contributed by atoms with Crippen molar-refractivity contribution < 1.29 is 19.4 Å². The van der Waals surface area contributed by atoms with E-state index in [4.69, 9.17) is 4.74 Å². The summed E-state index contributed by atoms with van der Waals surface area (Å²) in [6, 6.07) is 7.34. The summed E-state index contributed by atoms with van der Waals surface area (Å²) in [5, 5.41) is 9.28. The van der Waals surface area contributed by atoms with Gasteiger partial charge in [-0.1, -0.05) is 28.1 Å². The fourth-order valence-electron chi connectivity index (χ4n) is 2.17. The Morgan fingerprint density at radius 1 is 1.44 bits per heavy atom. The van der Waals surface area contributed by atoms with Gasteiger partial charge in [0.1, 0.15) is 0 Å². The Morgan fingerprint density at radius 2 is 2.06 bits per heavy atom. The van der Waals surface area contributed by atoms with Crippen LogP contribution in [0.15, 0.2) is 28.7 Å². The van der Waals surface area contributed by atoms with Gasteiger partial charge in [0.2, 0.25) is 0 Å². The van der Waals surface area contributed by atoms with Gasteiger partial charge in [0.05, 0.1) is 6.61 Å². The zero-order valence-corrected chi connectivity index (χ0v) is 11.4. The highest BCUT2D eigenvalue weighted by Crippen LogP contribution is 2.60. The number of rotatable bonds is 4. The van der Waals surface area contributed by atoms with Crippen molar-refractivity contribution in [3.8, 4) is 0 Å². The van der Waals surface area contributed by atoms with Gasteiger partial charge in [-0.25, -0.2) is 0 Å². The van der Waals surface area contributed by atoms with Gasteiger partial charge in [0.15, 0.2) is 5.41 Å². The van der Waals surface area contributed by atoms with Crippen LogP contribution in [-0.4, -0.2) is 23.7 Å². The van der Waals surface area contributed by atoms with Crippen LogP contribution in [-0.2, 0) is 14.3 Å². The molecule has 1 N–H and O–H groups in total. The van der Waals surface area contributed by atoms with E-state index in [1.54, 1.807) is 6.92 Å². The maximum absolute atomic E-state index is 11.8. The average molecular weight is 313 g/mol. The quantitative estimate of drug-likeness (QED) is 0.685. The van der Waals surface area contributed by atoms with Crippen molar-refractivity contribution in [1.29, 1.82) is 0 Å². The van der Waals surface area contributed by atoms with Crippen molar-refractivity contribution >= 4 is 27.9 Å². The van der Waals surface area contributed by atoms with Crippen LogP contribution in [0.1, 0.15) is 24.8 Å². The van der Waals surface area contributed by atoms with Crippen LogP contribution in [0.2, 0.25) is 0 Å². The van der Waals surface area contributed by atoms with Crippen LogP contribution in [0.5, 0.6) is 0 Å². The van der Waals surface area contributed by atoms with E-state index in [1.165, 1.54) is 0 Å². The molecule has 2 rings (SSSR count). The lowest BCUT2D eigenvalue weighted by Gasteiger charge is -2.11. The summed E-state index contributed by atoms with van der Waals surface area (Å²) in [7, 11) is 0. The zero-order chi connectivity index (χ0) is 13.3. The molecule has 4 nitrogen and oxygen atoms in total. The van der Waals surface area contributed by atoms with Gasteiger partial charge >= 0.3 is 11.9 Å². The molecule has 1 aromatic rings. The summed E-state index contributed by atoms with van der Waals surface area (Å²) < 4.78 is 5.80. The molecule has 18 heavy (non-hydrogen) atoms. The van der Waals surface area contributed by atoms with Gasteiger partial charge in [-0.15, -0.1) is 0 Å². The number of carbonyl (C=O) groups excluding carboxylic acids is 1. The maximum atomic E-state index is 11.8. The molecular weight excluding hydrogens is 300 g/mol. The minimum Gasteiger partial charge on any atom is -0.480 e. The van der Waals surface area contributed by atoms with Gasteiger partial charge in [-0.2, -0.15) is 0 Å². The van der Waals surface area contributed by atoms with Crippen molar-refractivity contribution in [2.24, 2.45) is 5.41 Å². The molecule has 0 saturated heterocycles. The molecule has 0 heterocycles. The highest BCUT2D eigenvalue weighted by molar-refractivity contribution is 9.10. The molecule has 0 amide bonds. The van der Waals surface area contributed by atoms with Crippen molar-refractivity contribution in [3.05, 3.63) is 34.3 Å². The predicted molar refractivity (Wildman–Crippen MR) is 68.2 cm³/mol. The second-order valence-corrected chi connectivity index (χ2v) is 5.22. The number of carboxylic acid groups (broad SMARTS) is 1. The number of hydrogen-bond acceptors (Lipinski definition) is 3. The molecule has 1 aromatic carbocycles. The molecule has 1 aliphatic carbocycles. The van der Waals surface area contributed by atoms with E-state index in [-0.39, 0.29) is 12.5 Å². The third-order valence-electron chi connectivity index (χ3n) is 3.25. The molecule has 1 fully saturated rings. The number of halogens is 1. The third-order valence-corrected chi connectivity index (χ3v) is 3.78. The van der Waals surface area contributed by atoms with E-state index in [1.807, 2.05) is 24.3 Å². The van der Waals surface area contributed by atoms with Gasteiger partial charge in [0, 0.05) is 10.4 Å². The summed E-state index contributed by atoms with van der Waals surface area (Å²) >= 11 is 3.32. The standard InChI is InChI=1S/C13H13BrO4/c1-2-18-12(17)13(11(15)16)7-10(13)8-3-5-9(14)6-4-8/h3-6,10H,2,7H2,1H3,(H,15,16). The minimum atomic E-state index is -1.39. The maximum Gasteiger partial charge on any atom is 0.324 e. The van der Waals surface area contributed by atoms with E-state index in [9.17, 15) is 14.7 Å². The van der Waals surface area contributed by atoms with Gasteiger partial charge in [-0.05, 0) is 31.0 Å². The summed E-state index contributed by atoms with van der Waals surface area (Å²) in [6.45, 7) is 1.87. The van der Waals surface area contributed by atoms with E-state index in [0.717, 1.165) is 10.0 Å². The van der Waals surface area contributed by atoms with Crippen molar-refractivity contribution in [1.82, 2.24) is 0 Å². The summed E-state index contributed by atoms with van der Waals surface area (Å²) in [5.74, 6) is -2.03. The Labute approximate surface area is 113 Å². The lowest BCUT2D eigenvalue weighted by atomic mass is 9.99. The third kappa shape index (κ3) is 2.03. The van der Waals surface area contributed by atoms with Gasteiger partial charge in [-0.3, -0.25) is 9.59 Å². The lowest BCUT2D eigenvalue weighted by Crippen LogP contribution is -2.29. The molecule has 0 aliphatic heterocycles. The van der Waals surface area contributed by atoms with Crippen molar-refractivity contribution in [3.63, 3.8) is 0 Å². The molecule has 2 atom stereocenters. The molecule has 0 radical (unpaired) electrons. The van der Waals surface area contributed by atoms with E-state index in [0.29, 0.717) is 6.42 Å². The Hall–Kier alpha value is -1.36. The number of ether oxygens (including phenoxy) is 1. The molecule has 1 aliphatic rings. The van der Waals surface area contributed by atoms with Crippen LogP contribution >= 0.6 is 15.9 Å². The Bertz CT molecular complexity index is 482. The number of hydrogen-bond donors (Lipinski definition) is 1. The average Bonchev–Trinajstić information content (AvgIpc) is 3.07. The van der Waals surface area contributed by atoms with Crippen LogP contribution in [0.25, 0.3) is 0 Å². The fourth-order valence-corrected chi connectivity index (χ4v) is 2.43. The molecular formula is C13H13BrO4. The van der Waals surface area contributed by atoms with Crippen LogP contribution < -0.4 is 0 Å². The van der Waals surface area contributed by atoms with Crippen molar-refractivity contribution in [2.45, 2.75) is 19.3 Å². The SMILES string of the molecule is CCOC(=O)C1(C(=O)O)CC1c1ccc(Br)cc1. The number of aliphatic carboxylic acids is 1. The van der Waals surface area contributed by atoms with Gasteiger partial charge < -0.3 is 9.84 Å². The largest absolute Gasteiger partial charge is 0.480 e. The molecule has 96 valence electrons. The van der Waals surface area contributed by atoms with Crippen molar-refractivity contribution in [2.75, 3.05) is 6.61 Å². The predicted octanol–water partition coefficient (Wildman–Crippen LogP) is 2.57. The normalized spacial score (nSPS) is 25.6. The summed E-state index contributed by atoms with van der Waals surface area (Å²) in [4.78, 5) is 23.1. The van der Waals surface area contributed by atoms with E-state index < -0.39 is 17.4 Å². The number of benzene rings is 1. The first-order valence-corrected chi connectivity index (χ1v) is 6.47. The molecule has 1 saturated carbocycles. The molecule has 0 spiro atoms. The number of carboxylic acids is 1. The Balaban J connectivity index is 2.25. The second kappa shape index (κ2) is 4.72. The summed E-state index contributed by atoms with van der Waals surface area (Å²) in [6.07, 6.45) is 0.308. The van der Waals surface area contributed by atoms with E-state index >= 15 is 0 Å². The van der Waals surface area contributed by atoms with E-state index in [2.05, 4.69) is 15.9 Å². The second-order valence-electron chi connectivity index (χ2n) is 4.31. The first kappa shape index (κ1) is 13.1. The number of carbonyl (C=O) groups is 2. The van der Waals surface area contributed by atoms with Crippen LogP contribution in [0.4, 0.5) is 0 Å². The highest BCUT2D eigenvalue weighted by Gasteiger charge is 2.68. The Morgan fingerprint density at radius 3 is 2.56 bits per heavy atom. The zero-order valence-electron chi connectivity index (χ0n) is 9.85. The summed E-state index contributed by atoms with van der Waals surface area (Å²) in [5.41, 5.74) is -0.530. The Kier molecular flexibility index (Phi) is 3.43. The molecule has 0 aromatic heterocycles. The van der Waals surface area contributed by atoms with Crippen LogP contribution in [0.3, 0.4) is 0 Å². The molecule has 5 heteroatoms. The topological polar surface area (TPSA) is 63.6 Å². The minimum absolute atomic E-state index is 0.195. The first-order valence-electron chi connectivity index (χ1n) is 5.68. The molecule has 0 bridgehead atoms.